The van der Waals surface area contributed by atoms with E-state index in [9.17, 15) is 13.6 Å². The van der Waals surface area contributed by atoms with Gasteiger partial charge in [-0.3, -0.25) is 5.32 Å². The van der Waals surface area contributed by atoms with E-state index in [1.54, 1.807) is 0 Å². The van der Waals surface area contributed by atoms with Gasteiger partial charge in [0, 0.05) is 32.3 Å². The van der Waals surface area contributed by atoms with Crippen LogP contribution in [0.15, 0.2) is 54.6 Å². The molecule has 0 fully saturated rings. The Kier molecular flexibility index (Phi) is 5.12. The molecule has 3 aromatic carbocycles. The fourth-order valence-corrected chi connectivity index (χ4v) is 5.42. The molecule has 4 aromatic rings. The summed E-state index contributed by atoms with van der Waals surface area (Å²) in [7, 11) is 0. The third-order valence-electron chi connectivity index (χ3n) is 5.45. The fourth-order valence-electron chi connectivity index (χ4n) is 4.03. The number of nitrogens with one attached hydrogen (secondary N) is 2. The molecular weight excluding hydrogens is 438 g/mol. The molecule has 2 N–H and O–H groups in total. The Morgan fingerprint density at radius 3 is 2.52 bits per heavy atom. The maximum absolute atomic E-state index is 14.0. The van der Waals surface area contributed by atoms with Gasteiger partial charge in [0.25, 0.3) is 0 Å². The highest BCUT2D eigenvalue weighted by Gasteiger charge is 2.21. The maximum Gasteiger partial charge on any atom is 0.324 e. The number of aryl methyl sites for hydroxylation is 2. The number of rotatable bonds is 3. The van der Waals surface area contributed by atoms with Crippen molar-refractivity contribution < 1.29 is 13.6 Å². The molecule has 0 spiro atoms. The number of thiophene rings is 1. The minimum Gasteiger partial charge on any atom is -0.305 e. The molecule has 0 bridgehead atoms. The predicted molar refractivity (Wildman–Crippen MR) is 123 cm³/mol. The van der Waals surface area contributed by atoms with Crippen molar-refractivity contribution in [3.8, 4) is 11.1 Å². The molecule has 3 nitrogen and oxygen atoms in total. The van der Waals surface area contributed by atoms with Crippen LogP contribution in [0.5, 0.6) is 0 Å². The molecule has 5 rings (SSSR count). The Balaban J connectivity index is 1.57. The molecule has 31 heavy (non-hydrogen) atoms. The van der Waals surface area contributed by atoms with Crippen LogP contribution in [-0.2, 0) is 12.8 Å². The Morgan fingerprint density at radius 2 is 1.74 bits per heavy atom. The van der Waals surface area contributed by atoms with Gasteiger partial charge < -0.3 is 5.32 Å². The van der Waals surface area contributed by atoms with Crippen molar-refractivity contribution >= 4 is 49.7 Å². The summed E-state index contributed by atoms with van der Waals surface area (Å²) in [5.74, 6) is -1.55. The van der Waals surface area contributed by atoms with Crippen molar-refractivity contribution in [3.05, 3.63) is 82.4 Å². The Bertz CT molecular complexity index is 1330. The number of urea groups is 1. The summed E-state index contributed by atoms with van der Waals surface area (Å²) >= 11 is 7.95. The molecule has 1 aromatic heterocycles. The minimum atomic E-state index is -0.839. The summed E-state index contributed by atoms with van der Waals surface area (Å²) in [6.45, 7) is 0. The SMILES string of the molecule is O=C(Nc1ccc(F)cc1F)Nc1sc2cc3c(cc2c1-c1ccccc1Cl)CCC3. The Hall–Kier alpha value is -2.96. The standard InChI is InChI=1S/C24H17ClF2N2OS/c25-18-7-2-1-6-16(18)22-17-10-13-4-3-5-14(13)11-21(17)31-23(22)29-24(30)28-20-9-8-15(26)12-19(20)27/h1-2,6-12H,3-5H2,(H2,28,29,30). The highest BCUT2D eigenvalue weighted by atomic mass is 35.5. The molecule has 1 aliphatic carbocycles. The summed E-state index contributed by atoms with van der Waals surface area (Å²) in [5.41, 5.74) is 4.22. The first-order valence-electron chi connectivity index (χ1n) is 9.86. The lowest BCUT2D eigenvalue weighted by Crippen LogP contribution is -2.20. The van der Waals surface area contributed by atoms with E-state index in [0.717, 1.165) is 52.6 Å². The van der Waals surface area contributed by atoms with Gasteiger partial charge in [-0.05, 0) is 60.7 Å². The number of hydrogen-bond acceptors (Lipinski definition) is 2. The first-order chi connectivity index (χ1) is 15.0. The van der Waals surface area contributed by atoms with E-state index in [1.807, 2.05) is 24.3 Å². The van der Waals surface area contributed by atoms with Gasteiger partial charge in [-0.25, -0.2) is 13.6 Å². The molecule has 0 saturated heterocycles. The third-order valence-corrected chi connectivity index (χ3v) is 6.85. The van der Waals surface area contributed by atoms with Crippen molar-refractivity contribution in [2.24, 2.45) is 0 Å². The van der Waals surface area contributed by atoms with Crippen LogP contribution >= 0.6 is 22.9 Å². The van der Waals surface area contributed by atoms with Gasteiger partial charge >= 0.3 is 6.03 Å². The van der Waals surface area contributed by atoms with Gasteiger partial charge in [0.15, 0.2) is 0 Å². The fraction of sp³-hybridized carbons (Fsp3) is 0.125. The number of halogens is 3. The van der Waals surface area contributed by atoms with Crippen LogP contribution in [-0.4, -0.2) is 6.03 Å². The zero-order chi connectivity index (χ0) is 21.5. The molecule has 0 atom stereocenters. The van der Waals surface area contributed by atoms with Gasteiger partial charge in [0.1, 0.15) is 16.6 Å². The number of hydrogen-bond donors (Lipinski definition) is 2. The summed E-state index contributed by atoms with van der Waals surface area (Å²) in [4.78, 5) is 12.7. The van der Waals surface area contributed by atoms with Crippen LogP contribution in [0.2, 0.25) is 5.02 Å². The molecule has 7 heteroatoms. The van der Waals surface area contributed by atoms with Gasteiger partial charge in [0.05, 0.1) is 5.69 Å². The van der Waals surface area contributed by atoms with E-state index in [4.69, 9.17) is 11.6 Å². The van der Waals surface area contributed by atoms with Crippen molar-refractivity contribution in [3.63, 3.8) is 0 Å². The Morgan fingerprint density at radius 1 is 0.968 bits per heavy atom. The number of fused-ring (bicyclic) bond motifs is 2. The van der Waals surface area contributed by atoms with Crippen LogP contribution in [0.3, 0.4) is 0 Å². The van der Waals surface area contributed by atoms with E-state index in [1.165, 1.54) is 28.5 Å². The number of carbonyl (C=O) groups excluding carboxylic acids is 1. The average molecular weight is 455 g/mol. The normalized spacial score (nSPS) is 12.7. The number of benzene rings is 3. The lowest BCUT2D eigenvalue weighted by atomic mass is 10.0. The van der Waals surface area contributed by atoms with Crippen LogP contribution < -0.4 is 10.6 Å². The second-order valence-corrected chi connectivity index (χ2v) is 8.92. The first kappa shape index (κ1) is 20.0. The maximum atomic E-state index is 14.0. The molecule has 0 saturated carbocycles. The number of amides is 2. The number of carbonyl (C=O) groups is 1. The van der Waals surface area contributed by atoms with Crippen LogP contribution in [0.1, 0.15) is 17.5 Å². The van der Waals surface area contributed by atoms with Gasteiger partial charge in [-0.1, -0.05) is 29.8 Å². The predicted octanol–water partition coefficient (Wildman–Crippen LogP) is 7.63. The van der Waals surface area contributed by atoms with Gasteiger partial charge in [-0.2, -0.15) is 0 Å². The highest BCUT2D eigenvalue weighted by molar-refractivity contribution is 7.23. The average Bonchev–Trinajstić information content (AvgIpc) is 3.32. The monoisotopic (exact) mass is 454 g/mol. The number of anilines is 2. The van der Waals surface area contributed by atoms with Crippen LogP contribution in [0.4, 0.5) is 24.3 Å². The zero-order valence-electron chi connectivity index (χ0n) is 16.3. The van der Waals surface area contributed by atoms with Crippen molar-refractivity contribution in [2.75, 3.05) is 10.6 Å². The second kappa shape index (κ2) is 7.94. The van der Waals surface area contributed by atoms with E-state index in [-0.39, 0.29) is 5.69 Å². The summed E-state index contributed by atoms with van der Waals surface area (Å²) in [5, 5.41) is 7.52. The van der Waals surface area contributed by atoms with Crippen molar-refractivity contribution in [1.29, 1.82) is 0 Å². The summed E-state index contributed by atoms with van der Waals surface area (Å²) in [6, 6.07) is 14.3. The van der Waals surface area contributed by atoms with Gasteiger partial charge in [0.2, 0.25) is 0 Å². The Labute approximate surface area is 186 Å². The smallest absolute Gasteiger partial charge is 0.305 e. The largest absolute Gasteiger partial charge is 0.324 e. The first-order valence-corrected chi connectivity index (χ1v) is 11.1. The van der Waals surface area contributed by atoms with E-state index < -0.39 is 17.7 Å². The van der Waals surface area contributed by atoms with Crippen LogP contribution in [0.25, 0.3) is 21.2 Å². The van der Waals surface area contributed by atoms with E-state index >= 15 is 0 Å². The van der Waals surface area contributed by atoms with E-state index in [0.29, 0.717) is 10.0 Å². The molecule has 0 unspecified atom stereocenters. The summed E-state index contributed by atoms with van der Waals surface area (Å²) < 4.78 is 28.2. The van der Waals surface area contributed by atoms with Crippen molar-refractivity contribution in [1.82, 2.24) is 0 Å². The zero-order valence-corrected chi connectivity index (χ0v) is 17.8. The molecule has 156 valence electrons. The molecule has 1 heterocycles. The topological polar surface area (TPSA) is 41.1 Å². The van der Waals surface area contributed by atoms with Crippen molar-refractivity contribution in [2.45, 2.75) is 19.3 Å². The molecule has 1 aliphatic rings. The lowest BCUT2D eigenvalue weighted by molar-refractivity contribution is 0.262. The quantitative estimate of drug-likeness (QED) is 0.328. The molecular formula is C24H17ClF2N2OS. The third kappa shape index (κ3) is 3.77. The van der Waals surface area contributed by atoms with Crippen LogP contribution in [0, 0.1) is 11.6 Å². The molecule has 0 aliphatic heterocycles. The lowest BCUT2D eigenvalue weighted by Gasteiger charge is -2.11. The van der Waals surface area contributed by atoms with Gasteiger partial charge in [-0.15, -0.1) is 11.3 Å². The second-order valence-electron chi connectivity index (χ2n) is 7.46. The minimum absolute atomic E-state index is 0.0988. The molecule has 2 amide bonds. The molecule has 0 radical (unpaired) electrons. The van der Waals surface area contributed by atoms with E-state index in [2.05, 4.69) is 22.8 Å². The highest BCUT2D eigenvalue weighted by Crippen LogP contribution is 2.46. The summed E-state index contributed by atoms with van der Waals surface area (Å²) in [6.07, 6.45) is 3.23.